The van der Waals surface area contributed by atoms with E-state index in [0.29, 0.717) is 33.8 Å². The van der Waals surface area contributed by atoms with Crippen LogP contribution in [0, 0.1) is 20.8 Å². The molecule has 0 radical (unpaired) electrons. The molecule has 0 saturated carbocycles. The average Bonchev–Trinajstić information content (AvgIpc) is 3.24. The highest BCUT2D eigenvalue weighted by molar-refractivity contribution is 5.89. The van der Waals surface area contributed by atoms with Crippen LogP contribution in [0.15, 0.2) is 75.0 Å². The number of ether oxygens (including phenoxy) is 1. The molecule has 0 atom stereocenters. The summed E-state index contributed by atoms with van der Waals surface area (Å²) in [4.78, 5) is 18.2. The largest absolute Gasteiger partial charge is 0.496 e. The number of hydrogen-bond donors (Lipinski definition) is 0. The Hall–Kier alpha value is -4.19. The maximum Gasteiger partial charge on any atom is 0.282 e. The van der Waals surface area contributed by atoms with Crippen LogP contribution in [-0.2, 0) is 0 Å². The fraction of sp³-hybridized carbons (Fsp3) is 0.148. The van der Waals surface area contributed by atoms with E-state index in [1.807, 2.05) is 56.3 Å². The van der Waals surface area contributed by atoms with Crippen molar-refractivity contribution in [1.82, 2.24) is 9.66 Å². The van der Waals surface area contributed by atoms with Gasteiger partial charge in [0.15, 0.2) is 5.76 Å². The van der Waals surface area contributed by atoms with Crippen molar-refractivity contribution in [2.75, 3.05) is 7.11 Å². The average molecular weight is 437 g/mol. The fourth-order valence-corrected chi connectivity index (χ4v) is 4.22. The summed E-state index contributed by atoms with van der Waals surface area (Å²) < 4.78 is 12.9. The van der Waals surface area contributed by atoms with Crippen LogP contribution in [0.3, 0.4) is 0 Å². The SMILES string of the molecule is COc1cccc2oc(-c3nc4ccccc4c(=O)n3N=Cc3c(C)cc(C)cc3C)cc12. The van der Waals surface area contributed by atoms with E-state index in [1.165, 1.54) is 10.2 Å². The molecule has 2 aromatic heterocycles. The summed E-state index contributed by atoms with van der Waals surface area (Å²) >= 11 is 0. The Morgan fingerprint density at radius 3 is 2.48 bits per heavy atom. The predicted octanol–water partition coefficient (Wildman–Crippen LogP) is 5.63. The highest BCUT2D eigenvalue weighted by Gasteiger charge is 2.18. The van der Waals surface area contributed by atoms with E-state index in [2.05, 4.69) is 24.2 Å². The van der Waals surface area contributed by atoms with Gasteiger partial charge in [0.2, 0.25) is 5.82 Å². The van der Waals surface area contributed by atoms with Crippen molar-refractivity contribution in [2.24, 2.45) is 5.10 Å². The minimum absolute atomic E-state index is 0.262. The van der Waals surface area contributed by atoms with Gasteiger partial charge in [-0.15, -0.1) is 0 Å². The second-order valence-corrected chi connectivity index (χ2v) is 8.11. The summed E-state index contributed by atoms with van der Waals surface area (Å²) in [6, 6.07) is 18.8. The van der Waals surface area contributed by atoms with E-state index in [0.717, 1.165) is 22.1 Å². The molecule has 0 aliphatic rings. The van der Waals surface area contributed by atoms with Crippen molar-refractivity contribution in [1.29, 1.82) is 0 Å². The van der Waals surface area contributed by atoms with Crippen molar-refractivity contribution in [3.8, 4) is 17.3 Å². The van der Waals surface area contributed by atoms with Gasteiger partial charge in [-0.1, -0.05) is 35.9 Å². The van der Waals surface area contributed by atoms with Gasteiger partial charge in [-0.2, -0.15) is 9.78 Å². The first kappa shape index (κ1) is 20.7. The Kier molecular flexibility index (Phi) is 5.05. The van der Waals surface area contributed by atoms with Gasteiger partial charge in [-0.3, -0.25) is 4.79 Å². The molecular weight excluding hydrogens is 414 g/mol. The molecule has 6 heteroatoms. The third-order valence-corrected chi connectivity index (χ3v) is 5.76. The Morgan fingerprint density at radius 1 is 0.970 bits per heavy atom. The van der Waals surface area contributed by atoms with E-state index in [1.54, 1.807) is 19.4 Å². The molecule has 0 amide bonds. The summed E-state index contributed by atoms with van der Waals surface area (Å²) in [6.45, 7) is 6.14. The van der Waals surface area contributed by atoms with Crippen LogP contribution in [0.25, 0.3) is 33.5 Å². The van der Waals surface area contributed by atoms with Gasteiger partial charge in [0.05, 0.1) is 29.6 Å². The number of aromatic nitrogens is 2. The van der Waals surface area contributed by atoms with E-state index < -0.39 is 0 Å². The number of para-hydroxylation sites is 1. The van der Waals surface area contributed by atoms with E-state index in [4.69, 9.17) is 14.1 Å². The Morgan fingerprint density at radius 2 is 1.73 bits per heavy atom. The summed E-state index contributed by atoms with van der Waals surface area (Å²) in [6.07, 6.45) is 1.72. The lowest BCUT2D eigenvalue weighted by molar-refractivity contribution is 0.419. The van der Waals surface area contributed by atoms with Gasteiger partial charge >= 0.3 is 0 Å². The third-order valence-electron chi connectivity index (χ3n) is 5.76. The molecule has 0 unspecified atom stereocenters. The Bertz CT molecular complexity index is 1590. The first-order valence-corrected chi connectivity index (χ1v) is 10.7. The normalized spacial score (nSPS) is 11.6. The molecule has 0 fully saturated rings. The number of fused-ring (bicyclic) bond motifs is 2. The molecule has 6 nitrogen and oxygen atoms in total. The highest BCUT2D eigenvalue weighted by Crippen LogP contribution is 2.32. The summed E-state index contributed by atoms with van der Waals surface area (Å²) in [7, 11) is 1.61. The minimum atomic E-state index is -0.262. The standard InChI is InChI=1S/C27H23N3O3/c1-16-12-17(2)21(18(3)13-16)15-28-30-26(29-22-9-6-5-8-19(22)27(30)31)25-14-20-23(32-4)10-7-11-24(20)33-25/h5-15H,1-4H3. The van der Waals surface area contributed by atoms with Crippen molar-refractivity contribution < 1.29 is 9.15 Å². The lowest BCUT2D eigenvalue weighted by Gasteiger charge is -2.09. The van der Waals surface area contributed by atoms with Crippen LogP contribution in [0.4, 0.5) is 0 Å². The lowest BCUT2D eigenvalue weighted by Crippen LogP contribution is -2.20. The molecule has 164 valence electrons. The van der Waals surface area contributed by atoms with Gasteiger partial charge in [0.1, 0.15) is 11.3 Å². The van der Waals surface area contributed by atoms with E-state index >= 15 is 0 Å². The fourth-order valence-electron chi connectivity index (χ4n) is 4.22. The number of rotatable bonds is 4. The van der Waals surface area contributed by atoms with Crippen LogP contribution in [0.1, 0.15) is 22.3 Å². The summed E-state index contributed by atoms with van der Waals surface area (Å²) in [5.74, 6) is 1.45. The van der Waals surface area contributed by atoms with Crippen LogP contribution >= 0.6 is 0 Å². The van der Waals surface area contributed by atoms with Crippen molar-refractivity contribution in [3.63, 3.8) is 0 Å². The minimum Gasteiger partial charge on any atom is -0.496 e. The maximum absolute atomic E-state index is 13.4. The molecule has 0 spiro atoms. The molecule has 0 aliphatic carbocycles. The molecule has 5 rings (SSSR count). The molecule has 33 heavy (non-hydrogen) atoms. The van der Waals surface area contributed by atoms with Gasteiger partial charge in [0.25, 0.3) is 5.56 Å². The molecule has 0 aliphatic heterocycles. The summed E-state index contributed by atoms with van der Waals surface area (Å²) in [5.41, 5.74) is 5.30. The molecule has 0 N–H and O–H groups in total. The second kappa shape index (κ2) is 8.06. The molecule has 5 aromatic rings. The number of aryl methyl sites for hydroxylation is 3. The van der Waals surface area contributed by atoms with Gasteiger partial charge in [0, 0.05) is 5.56 Å². The molecule has 3 aromatic carbocycles. The monoisotopic (exact) mass is 437 g/mol. The Labute approximate surface area is 190 Å². The summed E-state index contributed by atoms with van der Waals surface area (Å²) in [5, 5.41) is 5.89. The maximum atomic E-state index is 13.4. The molecule has 0 bridgehead atoms. The van der Waals surface area contributed by atoms with E-state index in [-0.39, 0.29) is 5.56 Å². The number of nitrogens with zero attached hydrogens (tertiary/aromatic N) is 3. The highest BCUT2D eigenvalue weighted by atomic mass is 16.5. The van der Waals surface area contributed by atoms with Crippen molar-refractivity contribution >= 4 is 28.1 Å². The lowest BCUT2D eigenvalue weighted by atomic mass is 10.0. The van der Waals surface area contributed by atoms with Gasteiger partial charge in [-0.25, -0.2) is 4.98 Å². The number of furan rings is 1. The van der Waals surface area contributed by atoms with Crippen LogP contribution in [0.2, 0.25) is 0 Å². The topological polar surface area (TPSA) is 69.6 Å². The number of benzene rings is 3. The van der Waals surface area contributed by atoms with Crippen LogP contribution in [-0.4, -0.2) is 23.0 Å². The quantitative estimate of drug-likeness (QED) is 0.342. The zero-order valence-corrected chi connectivity index (χ0v) is 18.9. The van der Waals surface area contributed by atoms with Crippen LogP contribution < -0.4 is 10.3 Å². The molecule has 2 heterocycles. The number of methoxy groups -OCH3 is 1. The van der Waals surface area contributed by atoms with Crippen molar-refractivity contribution in [2.45, 2.75) is 20.8 Å². The predicted molar refractivity (Wildman–Crippen MR) is 131 cm³/mol. The first-order valence-electron chi connectivity index (χ1n) is 10.7. The molecule has 0 saturated heterocycles. The second-order valence-electron chi connectivity index (χ2n) is 8.11. The van der Waals surface area contributed by atoms with Gasteiger partial charge in [-0.05, 0) is 62.2 Å². The zero-order valence-electron chi connectivity index (χ0n) is 18.9. The Balaban J connectivity index is 1.76. The smallest absolute Gasteiger partial charge is 0.282 e. The third kappa shape index (κ3) is 3.59. The molecular formula is C27H23N3O3. The number of hydrogen-bond acceptors (Lipinski definition) is 5. The van der Waals surface area contributed by atoms with Gasteiger partial charge < -0.3 is 9.15 Å². The van der Waals surface area contributed by atoms with Crippen LogP contribution in [0.5, 0.6) is 5.75 Å². The zero-order chi connectivity index (χ0) is 23.1. The van der Waals surface area contributed by atoms with Crippen molar-refractivity contribution in [3.05, 3.63) is 93.3 Å². The first-order chi connectivity index (χ1) is 16.0. The van der Waals surface area contributed by atoms with E-state index in [9.17, 15) is 4.79 Å².